The number of fused-ring (bicyclic) bond motifs is 3. The van der Waals surface area contributed by atoms with Gasteiger partial charge in [-0.2, -0.15) is 0 Å². The number of methoxy groups -OCH3 is 3. The molecule has 0 saturated heterocycles. The highest BCUT2D eigenvalue weighted by Crippen LogP contribution is 2.51. The molecule has 1 aromatic heterocycles. The van der Waals surface area contributed by atoms with E-state index < -0.39 is 40.3 Å². The van der Waals surface area contributed by atoms with Gasteiger partial charge < -0.3 is 43.8 Å². The number of aromatic hydroxyl groups is 4. The molecule has 1 aliphatic rings. The Morgan fingerprint density at radius 1 is 0.842 bits per heavy atom. The lowest BCUT2D eigenvalue weighted by atomic mass is 9.84. The summed E-state index contributed by atoms with van der Waals surface area (Å²) < 4.78 is 27.9. The van der Waals surface area contributed by atoms with Crippen molar-refractivity contribution in [2.45, 2.75) is 12.3 Å². The Kier molecular flexibility index (Phi) is 5.90. The average Bonchev–Trinajstić information content (AvgIpc) is 2.90. The van der Waals surface area contributed by atoms with Gasteiger partial charge in [-0.05, 0) is 24.3 Å². The normalized spacial score (nSPS) is 14.6. The van der Waals surface area contributed by atoms with E-state index in [-0.39, 0.29) is 51.5 Å². The van der Waals surface area contributed by atoms with Crippen LogP contribution < -0.4 is 24.4 Å². The fourth-order valence-corrected chi connectivity index (χ4v) is 4.71. The Labute approximate surface area is 214 Å². The zero-order valence-electron chi connectivity index (χ0n) is 20.4. The minimum Gasteiger partial charge on any atom is -0.507 e. The van der Waals surface area contributed by atoms with Crippen molar-refractivity contribution in [1.29, 1.82) is 0 Å². The molecule has 1 atom stereocenters. The van der Waals surface area contributed by atoms with Crippen molar-refractivity contribution in [3.8, 4) is 57.3 Å². The summed E-state index contributed by atoms with van der Waals surface area (Å²) in [4.78, 5) is 25.9. The van der Waals surface area contributed by atoms with Gasteiger partial charge in [-0.1, -0.05) is 6.07 Å². The standard InChI is InChI=1S/C27H22O11/c1-34-17-7-5-12(25(35-2)26(17)36-3)13-9-19(31)37-18-10-16(30)21-22(32)23(33)24(38-27(21)20(13)18)11-4-6-14(28)15(29)8-11/h4-8,10,13,28-30,33H,9H2,1-3H3/t13-/m1/s1. The first-order valence-electron chi connectivity index (χ1n) is 11.3. The van der Waals surface area contributed by atoms with Crippen LogP contribution in [0.2, 0.25) is 0 Å². The van der Waals surface area contributed by atoms with Crippen molar-refractivity contribution in [1.82, 2.24) is 0 Å². The van der Waals surface area contributed by atoms with E-state index in [2.05, 4.69) is 0 Å². The third-order valence-corrected chi connectivity index (χ3v) is 6.41. The Hall–Kier alpha value is -5.06. The first-order chi connectivity index (χ1) is 18.2. The molecule has 0 aliphatic carbocycles. The molecular formula is C27H22O11. The van der Waals surface area contributed by atoms with Gasteiger partial charge in [0.25, 0.3) is 0 Å². The Balaban J connectivity index is 1.86. The quantitative estimate of drug-likeness (QED) is 0.171. The molecule has 1 aliphatic heterocycles. The van der Waals surface area contributed by atoms with E-state index in [0.29, 0.717) is 11.3 Å². The van der Waals surface area contributed by atoms with Gasteiger partial charge in [0.15, 0.2) is 28.8 Å². The maximum Gasteiger partial charge on any atom is 0.312 e. The largest absolute Gasteiger partial charge is 0.507 e. The van der Waals surface area contributed by atoms with E-state index in [1.807, 2.05) is 0 Å². The number of carbonyl (C=O) groups is 1. The molecule has 0 bridgehead atoms. The van der Waals surface area contributed by atoms with Gasteiger partial charge >= 0.3 is 5.97 Å². The summed E-state index contributed by atoms with van der Waals surface area (Å²) in [6.45, 7) is 0. The van der Waals surface area contributed by atoms with Gasteiger partial charge in [0, 0.05) is 28.7 Å². The highest BCUT2D eigenvalue weighted by molar-refractivity contribution is 5.94. The van der Waals surface area contributed by atoms with Gasteiger partial charge in [0.1, 0.15) is 22.5 Å². The topological polar surface area (TPSA) is 165 Å². The molecule has 0 saturated carbocycles. The van der Waals surface area contributed by atoms with E-state index in [1.165, 1.54) is 27.4 Å². The lowest BCUT2D eigenvalue weighted by Crippen LogP contribution is -2.22. The van der Waals surface area contributed by atoms with Gasteiger partial charge in [-0.15, -0.1) is 0 Å². The first kappa shape index (κ1) is 24.6. The Morgan fingerprint density at radius 2 is 1.58 bits per heavy atom. The second-order valence-electron chi connectivity index (χ2n) is 8.48. The maximum atomic E-state index is 13.2. The van der Waals surface area contributed by atoms with Crippen molar-refractivity contribution in [2.75, 3.05) is 21.3 Å². The fraction of sp³-hybridized carbons (Fsp3) is 0.185. The highest BCUT2D eigenvalue weighted by atomic mass is 16.5. The fourth-order valence-electron chi connectivity index (χ4n) is 4.71. The number of esters is 1. The van der Waals surface area contributed by atoms with Crippen molar-refractivity contribution in [2.24, 2.45) is 0 Å². The van der Waals surface area contributed by atoms with Crippen LogP contribution in [0.5, 0.6) is 46.0 Å². The van der Waals surface area contributed by atoms with E-state index in [9.17, 15) is 30.0 Å². The van der Waals surface area contributed by atoms with E-state index in [1.54, 1.807) is 12.1 Å². The Bertz CT molecular complexity index is 1670. The zero-order chi connectivity index (χ0) is 27.3. The second kappa shape index (κ2) is 9.11. The van der Waals surface area contributed by atoms with Crippen LogP contribution in [-0.4, -0.2) is 47.7 Å². The number of phenols is 3. The minimum absolute atomic E-state index is 0.0542. The lowest BCUT2D eigenvalue weighted by Gasteiger charge is -2.28. The van der Waals surface area contributed by atoms with Crippen LogP contribution in [0.15, 0.2) is 45.6 Å². The zero-order valence-corrected chi connectivity index (χ0v) is 20.4. The molecule has 0 spiro atoms. The van der Waals surface area contributed by atoms with E-state index in [0.717, 1.165) is 18.2 Å². The van der Waals surface area contributed by atoms with Gasteiger partial charge in [0.2, 0.25) is 16.9 Å². The molecule has 11 heteroatoms. The number of hydrogen-bond acceptors (Lipinski definition) is 11. The van der Waals surface area contributed by atoms with Gasteiger partial charge in [-0.25, -0.2) is 0 Å². The molecule has 4 N–H and O–H groups in total. The summed E-state index contributed by atoms with van der Waals surface area (Å²) in [6.07, 6.45) is -0.182. The van der Waals surface area contributed by atoms with Gasteiger partial charge in [0.05, 0.1) is 27.8 Å². The third-order valence-electron chi connectivity index (χ3n) is 6.41. The average molecular weight is 522 g/mol. The predicted octanol–water partition coefficient (Wildman–Crippen LogP) is 3.75. The van der Waals surface area contributed by atoms with Gasteiger partial charge in [-0.3, -0.25) is 9.59 Å². The molecule has 3 aromatic carbocycles. The van der Waals surface area contributed by atoms with Crippen LogP contribution in [0.25, 0.3) is 22.3 Å². The van der Waals surface area contributed by atoms with Crippen molar-refractivity contribution in [3.05, 3.63) is 57.7 Å². The summed E-state index contributed by atoms with van der Waals surface area (Å²) in [7, 11) is 4.32. The molecule has 0 unspecified atom stereocenters. The van der Waals surface area contributed by atoms with Crippen LogP contribution in [0.1, 0.15) is 23.5 Å². The van der Waals surface area contributed by atoms with E-state index >= 15 is 0 Å². The number of ether oxygens (including phenoxy) is 4. The summed E-state index contributed by atoms with van der Waals surface area (Å²) in [5.74, 6) is -3.19. The van der Waals surface area contributed by atoms with Crippen molar-refractivity contribution >= 4 is 16.9 Å². The molecule has 2 heterocycles. The van der Waals surface area contributed by atoms with Crippen LogP contribution in [0, 0.1) is 0 Å². The highest BCUT2D eigenvalue weighted by Gasteiger charge is 2.37. The molecule has 0 amide bonds. The smallest absolute Gasteiger partial charge is 0.312 e. The minimum atomic E-state index is -0.955. The lowest BCUT2D eigenvalue weighted by molar-refractivity contribution is -0.135. The Morgan fingerprint density at radius 3 is 2.24 bits per heavy atom. The summed E-state index contributed by atoms with van der Waals surface area (Å²) in [5.41, 5.74) is -0.315. The van der Waals surface area contributed by atoms with Crippen LogP contribution in [0.3, 0.4) is 0 Å². The SMILES string of the molecule is COc1ccc([C@H]2CC(=O)Oc3cc(O)c4c(=O)c(O)c(-c5ccc(O)c(O)c5)oc4c32)c(OC)c1OC. The molecule has 11 nitrogen and oxygen atoms in total. The van der Waals surface area contributed by atoms with Crippen LogP contribution in [0.4, 0.5) is 0 Å². The molecule has 5 rings (SSSR count). The number of hydrogen-bond donors (Lipinski definition) is 4. The van der Waals surface area contributed by atoms with Crippen molar-refractivity contribution in [3.63, 3.8) is 0 Å². The van der Waals surface area contributed by atoms with E-state index in [4.69, 9.17) is 23.4 Å². The second-order valence-corrected chi connectivity index (χ2v) is 8.48. The predicted molar refractivity (Wildman–Crippen MR) is 133 cm³/mol. The number of phenolic OH excluding ortho intramolecular Hbond substituents is 3. The maximum absolute atomic E-state index is 13.2. The first-order valence-corrected chi connectivity index (χ1v) is 11.3. The summed E-state index contributed by atoms with van der Waals surface area (Å²) >= 11 is 0. The number of benzene rings is 3. The summed E-state index contributed by atoms with van der Waals surface area (Å²) in [6, 6.07) is 7.99. The number of rotatable bonds is 5. The van der Waals surface area contributed by atoms with Crippen LogP contribution in [-0.2, 0) is 4.79 Å². The summed E-state index contributed by atoms with van der Waals surface area (Å²) in [5, 5.41) is 40.6. The van der Waals surface area contributed by atoms with Crippen molar-refractivity contribution < 1.29 is 48.6 Å². The molecule has 0 fully saturated rings. The monoisotopic (exact) mass is 522 g/mol. The molecule has 4 aromatic rings. The number of carbonyl (C=O) groups excluding carboxylic acids is 1. The molecule has 0 radical (unpaired) electrons. The molecule has 196 valence electrons. The van der Waals surface area contributed by atoms with Crippen LogP contribution >= 0.6 is 0 Å². The molecule has 38 heavy (non-hydrogen) atoms. The molecular weight excluding hydrogens is 500 g/mol. The third kappa shape index (κ3) is 3.67.